The summed E-state index contributed by atoms with van der Waals surface area (Å²) in [6.07, 6.45) is 5.86. The number of nitro benzene ring substituents is 1. The molecule has 1 saturated heterocycles. The molecule has 0 amide bonds. The second-order valence-corrected chi connectivity index (χ2v) is 7.68. The fourth-order valence-electron chi connectivity index (χ4n) is 2.88. The maximum absolute atomic E-state index is 11.9. The predicted molar refractivity (Wildman–Crippen MR) is 92.7 cm³/mol. The first-order chi connectivity index (χ1) is 11.9. The highest BCUT2D eigenvalue weighted by molar-refractivity contribution is 7.90. The van der Waals surface area contributed by atoms with Crippen molar-refractivity contribution in [3.05, 3.63) is 46.9 Å². The topological polar surface area (TPSA) is 110 Å². The number of nitrogens with zero attached hydrogens (tertiary/aromatic N) is 5. The first kappa shape index (κ1) is 17.1. The third-order valence-electron chi connectivity index (χ3n) is 4.05. The Morgan fingerprint density at radius 1 is 1.12 bits per heavy atom. The summed E-state index contributed by atoms with van der Waals surface area (Å²) in [6, 6.07) is 4.39. The quantitative estimate of drug-likeness (QED) is 0.587. The first-order valence-electron chi connectivity index (χ1n) is 7.61. The number of sulfone groups is 1. The van der Waals surface area contributed by atoms with Gasteiger partial charge in [0.15, 0.2) is 9.84 Å². The Balaban J connectivity index is 1.88. The molecule has 0 N–H and O–H groups in total. The molecule has 1 aliphatic heterocycles. The number of benzene rings is 1. The molecule has 2 aromatic rings. The molecular formula is C15H17N5O4S. The second-order valence-electron chi connectivity index (χ2n) is 5.69. The number of piperazine rings is 1. The molecule has 0 spiro atoms. The number of anilines is 2. The summed E-state index contributed by atoms with van der Waals surface area (Å²) in [5.74, 6) is 0.751. The van der Waals surface area contributed by atoms with Crippen LogP contribution in [0.1, 0.15) is 0 Å². The standard InChI is InChI=1S/C15H17N5O4S/c1-25(23,24)13-4-2-3-12(15(13)20(21)22)18-7-9-19(10-8-18)14-11-16-5-6-17-14/h2-6,11H,7-10H2,1H3. The molecule has 1 aromatic heterocycles. The van der Waals surface area contributed by atoms with E-state index >= 15 is 0 Å². The Hall–Kier alpha value is -2.75. The molecule has 2 heterocycles. The van der Waals surface area contributed by atoms with E-state index in [2.05, 4.69) is 9.97 Å². The van der Waals surface area contributed by atoms with E-state index in [0.717, 1.165) is 12.1 Å². The van der Waals surface area contributed by atoms with Crippen molar-refractivity contribution in [1.82, 2.24) is 9.97 Å². The van der Waals surface area contributed by atoms with Crippen LogP contribution in [0.5, 0.6) is 0 Å². The Labute approximate surface area is 145 Å². The van der Waals surface area contributed by atoms with E-state index in [1.54, 1.807) is 24.7 Å². The van der Waals surface area contributed by atoms with Crippen LogP contribution in [0, 0.1) is 10.1 Å². The SMILES string of the molecule is CS(=O)(=O)c1cccc(N2CCN(c3cnccn3)CC2)c1[N+](=O)[O-]. The number of hydrogen-bond acceptors (Lipinski definition) is 8. The van der Waals surface area contributed by atoms with E-state index in [0.29, 0.717) is 31.9 Å². The second kappa shape index (κ2) is 6.63. The molecule has 1 aromatic carbocycles. The lowest BCUT2D eigenvalue weighted by atomic mass is 10.2. The van der Waals surface area contributed by atoms with Gasteiger partial charge in [-0.2, -0.15) is 0 Å². The molecule has 10 heteroatoms. The normalized spacial score (nSPS) is 15.2. The lowest BCUT2D eigenvalue weighted by Crippen LogP contribution is -2.47. The Kier molecular flexibility index (Phi) is 4.53. The molecule has 1 fully saturated rings. The van der Waals surface area contributed by atoms with Gasteiger partial charge in [-0.3, -0.25) is 15.1 Å². The van der Waals surface area contributed by atoms with Crippen molar-refractivity contribution in [2.45, 2.75) is 4.90 Å². The third-order valence-corrected chi connectivity index (χ3v) is 5.18. The van der Waals surface area contributed by atoms with E-state index in [4.69, 9.17) is 0 Å². The summed E-state index contributed by atoms with van der Waals surface area (Å²) in [4.78, 5) is 22.8. The van der Waals surface area contributed by atoms with Gasteiger partial charge in [0.2, 0.25) is 0 Å². The average molecular weight is 363 g/mol. The summed E-state index contributed by atoms with van der Waals surface area (Å²) in [5, 5.41) is 11.5. The van der Waals surface area contributed by atoms with Crippen molar-refractivity contribution in [3.63, 3.8) is 0 Å². The molecule has 9 nitrogen and oxygen atoms in total. The zero-order chi connectivity index (χ0) is 18.0. The van der Waals surface area contributed by atoms with Gasteiger partial charge >= 0.3 is 5.69 Å². The fourth-order valence-corrected chi connectivity index (χ4v) is 3.74. The Morgan fingerprint density at radius 2 is 1.80 bits per heavy atom. The number of rotatable bonds is 4. The van der Waals surface area contributed by atoms with Crippen LogP contribution in [0.25, 0.3) is 0 Å². The van der Waals surface area contributed by atoms with Crippen molar-refractivity contribution in [1.29, 1.82) is 0 Å². The zero-order valence-corrected chi connectivity index (χ0v) is 14.4. The number of aromatic nitrogens is 2. The van der Waals surface area contributed by atoms with Crippen molar-refractivity contribution >= 4 is 27.0 Å². The van der Waals surface area contributed by atoms with E-state index in [1.807, 2.05) is 9.80 Å². The summed E-state index contributed by atoms with van der Waals surface area (Å²) in [6.45, 7) is 2.26. The van der Waals surface area contributed by atoms with Crippen LogP contribution in [0.3, 0.4) is 0 Å². The molecule has 0 bridgehead atoms. The smallest absolute Gasteiger partial charge is 0.311 e. The number of nitro groups is 1. The highest BCUT2D eigenvalue weighted by Gasteiger charge is 2.30. The highest BCUT2D eigenvalue weighted by atomic mass is 32.2. The average Bonchev–Trinajstić information content (AvgIpc) is 2.61. The molecule has 0 unspecified atom stereocenters. The predicted octanol–water partition coefficient (Wildman–Crippen LogP) is 1.11. The summed E-state index contributed by atoms with van der Waals surface area (Å²) >= 11 is 0. The van der Waals surface area contributed by atoms with Crippen molar-refractivity contribution in [2.24, 2.45) is 0 Å². The minimum atomic E-state index is -3.69. The van der Waals surface area contributed by atoms with E-state index in [1.165, 1.54) is 12.1 Å². The van der Waals surface area contributed by atoms with E-state index in [-0.39, 0.29) is 10.6 Å². The van der Waals surface area contributed by atoms with Gasteiger partial charge < -0.3 is 9.80 Å². The molecule has 0 saturated carbocycles. The lowest BCUT2D eigenvalue weighted by Gasteiger charge is -2.36. The van der Waals surface area contributed by atoms with Crippen LogP contribution in [0.15, 0.2) is 41.7 Å². The van der Waals surface area contributed by atoms with Gasteiger partial charge in [0.1, 0.15) is 16.4 Å². The Bertz CT molecular complexity index is 880. The van der Waals surface area contributed by atoms with Crippen LogP contribution in [0.4, 0.5) is 17.2 Å². The largest absolute Gasteiger partial charge is 0.362 e. The number of hydrogen-bond donors (Lipinski definition) is 0. The minimum Gasteiger partial charge on any atom is -0.362 e. The number of para-hydroxylation sites is 1. The molecule has 0 radical (unpaired) electrons. The van der Waals surface area contributed by atoms with Gasteiger partial charge in [-0.05, 0) is 12.1 Å². The summed E-state index contributed by atoms with van der Waals surface area (Å²) in [7, 11) is -3.69. The van der Waals surface area contributed by atoms with Crippen LogP contribution < -0.4 is 9.80 Å². The summed E-state index contributed by atoms with van der Waals surface area (Å²) in [5.41, 5.74) is -0.0373. The third kappa shape index (κ3) is 3.53. The van der Waals surface area contributed by atoms with Crippen LogP contribution >= 0.6 is 0 Å². The molecule has 0 atom stereocenters. The molecule has 3 rings (SSSR count). The lowest BCUT2D eigenvalue weighted by molar-refractivity contribution is -0.387. The van der Waals surface area contributed by atoms with Gasteiger partial charge in [-0.1, -0.05) is 6.07 Å². The van der Waals surface area contributed by atoms with Gasteiger partial charge in [0, 0.05) is 44.8 Å². The molecule has 0 aliphatic carbocycles. The molecule has 25 heavy (non-hydrogen) atoms. The molecule has 132 valence electrons. The van der Waals surface area contributed by atoms with Crippen LogP contribution in [0.2, 0.25) is 0 Å². The maximum Gasteiger partial charge on any atom is 0.311 e. The van der Waals surface area contributed by atoms with Gasteiger partial charge in [0.25, 0.3) is 0 Å². The molecular weight excluding hydrogens is 346 g/mol. The summed E-state index contributed by atoms with van der Waals surface area (Å²) < 4.78 is 23.8. The van der Waals surface area contributed by atoms with E-state index < -0.39 is 14.8 Å². The highest BCUT2D eigenvalue weighted by Crippen LogP contribution is 2.35. The first-order valence-corrected chi connectivity index (χ1v) is 9.50. The van der Waals surface area contributed by atoms with Crippen LogP contribution in [-0.2, 0) is 9.84 Å². The zero-order valence-electron chi connectivity index (χ0n) is 13.6. The maximum atomic E-state index is 11.9. The van der Waals surface area contributed by atoms with Crippen molar-refractivity contribution < 1.29 is 13.3 Å². The minimum absolute atomic E-state index is 0.258. The van der Waals surface area contributed by atoms with Gasteiger partial charge in [0.05, 0.1) is 11.1 Å². The molecule has 1 aliphatic rings. The Morgan fingerprint density at radius 3 is 2.36 bits per heavy atom. The van der Waals surface area contributed by atoms with Crippen LogP contribution in [-0.4, -0.2) is 55.7 Å². The van der Waals surface area contributed by atoms with Crippen molar-refractivity contribution in [2.75, 3.05) is 42.2 Å². The van der Waals surface area contributed by atoms with Gasteiger partial charge in [-0.25, -0.2) is 13.4 Å². The monoisotopic (exact) mass is 363 g/mol. The van der Waals surface area contributed by atoms with Crippen molar-refractivity contribution in [3.8, 4) is 0 Å². The fraction of sp³-hybridized carbons (Fsp3) is 0.333. The van der Waals surface area contributed by atoms with E-state index in [9.17, 15) is 18.5 Å². The van der Waals surface area contributed by atoms with Gasteiger partial charge in [-0.15, -0.1) is 0 Å².